The average Bonchev–Trinajstić information content (AvgIpc) is 2.92. The Morgan fingerprint density at radius 1 is 1.33 bits per heavy atom. The largest absolute Gasteiger partial charge is 0.357 e. The zero-order valence-electron chi connectivity index (χ0n) is 12.5. The van der Waals surface area contributed by atoms with E-state index in [2.05, 4.69) is 27.1 Å². The number of halogens is 1. The third-order valence-corrected chi connectivity index (χ3v) is 5.32. The van der Waals surface area contributed by atoms with E-state index in [-0.39, 0.29) is 35.5 Å². The second kappa shape index (κ2) is 11.2. The zero-order valence-corrected chi connectivity index (χ0v) is 16.4. The Morgan fingerprint density at radius 3 is 2.67 bits per heavy atom. The predicted molar refractivity (Wildman–Crippen MR) is 102 cm³/mol. The summed E-state index contributed by atoms with van der Waals surface area (Å²) in [5.41, 5.74) is 0. The number of thiophene rings is 1. The van der Waals surface area contributed by atoms with Crippen LogP contribution in [0, 0.1) is 0 Å². The van der Waals surface area contributed by atoms with Crippen LogP contribution in [0.25, 0.3) is 0 Å². The van der Waals surface area contributed by atoms with Crippen molar-refractivity contribution in [3.05, 3.63) is 22.4 Å². The van der Waals surface area contributed by atoms with Gasteiger partial charge in [-0.25, -0.2) is 8.42 Å². The van der Waals surface area contributed by atoms with Gasteiger partial charge in [-0.15, -0.1) is 35.3 Å². The van der Waals surface area contributed by atoms with E-state index in [0.29, 0.717) is 12.5 Å². The number of guanidine groups is 1. The highest BCUT2D eigenvalue weighted by Gasteiger charge is 2.06. The van der Waals surface area contributed by atoms with Gasteiger partial charge in [0.25, 0.3) is 0 Å². The Bertz CT molecular complexity index is 501. The first kappa shape index (κ1) is 20.6. The Kier molecular flexibility index (Phi) is 11.1. The molecule has 21 heavy (non-hydrogen) atoms. The Balaban J connectivity index is 0.00000400. The fraction of sp³-hybridized carbons (Fsp3) is 0.615. The lowest BCUT2D eigenvalue weighted by Gasteiger charge is -2.10. The van der Waals surface area contributed by atoms with E-state index in [4.69, 9.17) is 0 Å². The number of hydrogen-bond acceptors (Lipinski definition) is 4. The first-order valence-electron chi connectivity index (χ1n) is 6.82. The van der Waals surface area contributed by atoms with Crippen molar-refractivity contribution >= 4 is 51.1 Å². The number of aliphatic imine (C=N–C) groups is 1. The molecule has 0 aliphatic carbocycles. The van der Waals surface area contributed by atoms with Crippen molar-refractivity contribution in [1.29, 1.82) is 0 Å². The second-order valence-electron chi connectivity index (χ2n) is 4.25. The fourth-order valence-electron chi connectivity index (χ4n) is 1.54. The molecule has 0 amide bonds. The molecule has 0 aliphatic heterocycles. The third kappa shape index (κ3) is 9.30. The molecular formula is C13H24IN3O2S2. The lowest BCUT2D eigenvalue weighted by molar-refractivity contribution is 0.597. The molecular weight excluding hydrogens is 421 g/mol. The Labute approximate surface area is 148 Å². The van der Waals surface area contributed by atoms with Crippen molar-refractivity contribution < 1.29 is 8.42 Å². The van der Waals surface area contributed by atoms with Gasteiger partial charge in [0.05, 0.1) is 12.3 Å². The van der Waals surface area contributed by atoms with E-state index in [9.17, 15) is 8.42 Å². The minimum absolute atomic E-state index is 0. The molecule has 122 valence electrons. The summed E-state index contributed by atoms with van der Waals surface area (Å²) in [4.78, 5) is 5.61. The van der Waals surface area contributed by atoms with Gasteiger partial charge < -0.3 is 10.6 Å². The highest BCUT2D eigenvalue weighted by atomic mass is 127. The SMILES string of the molecule is CCNC(=NCCS(=O)(=O)CC)NCCc1cccs1.I. The molecule has 0 unspecified atom stereocenters. The van der Waals surface area contributed by atoms with Gasteiger partial charge in [0.15, 0.2) is 15.8 Å². The molecule has 0 radical (unpaired) electrons. The van der Waals surface area contributed by atoms with Gasteiger partial charge in [-0.2, -0.15) is 0 Å². The van der Waals surface area contributed by atoms with Crippen LogP contribution in [-0.4, -0.2) is 45.5 Å². The molecule has 8 heteroatoms. The molecule has 1 aromatic rings. The van der Waals surface area contributed by atoms with Gasteiger partial charge in [0.1, 0.15) is 0 Å². The number of nitrogens with one attached hydrogen (secondary N) is 2. The minimum Gasteiger partial charge on any atom is -0.357 e. The maximum Gasteiger partial charge on any atom is 0.191 e. The lowest BCUT2D eigenvalue weighted by Crippen LogP contribution is -2.38. The lowest BCUT2D eigenvalue weighted by atomic mass is 10.3. The van der Waals surface area contributed by atoms with E-state index >= 15 is 0 Å². The van der Waals surface area contributed by atoms with Gasteiger partial charge in [-0.05, 0) is 24.8 Å². The summed E-state index contributed by atoms with van der Waals surface area (Å²) in [6.45, 7) is 5.48. The van der Waals surface area contributed by atoms with E-state index in [1.54, 1.807) is 18.3 Å². The summed E-state index contributed by atoms with van der Waals surface area (Å²) in [7, 11) is -2.95. The number of rotatable bonds is 8. The second-order valence-corrected chi connectivity index (χ2v) is 7.76. The first-order chi connectivity index (χ1) is 9.57. The van der Waals surface area contributed by atoms with Crippen LogP contribution in [0.1, 0.15) is 18.7 Å². The molecule has 0 aromatic carbocycles. The van der Waals surface area contributed by atoms with Crippen molar-refractivity contribution in [3.8, 4) is 0 Å². The van der Waals surface area contributed by atoms with Crippen molar-refractivity contribution in [1.82, 2.24) is 10.6 Å². The highest BCUT2D eigenvalue weighted by molar-refractivity contribution is 14.0. The van der Waals surface area contributed by atoms with Gasteiger partial charge in [-0.1, -0.05) is 13.0 Å². The normalized spacial score (nSPS) is 11.8. The molecule has 0 aliphatic rings. The van der Waals surface area contributed by atoms with Crippen LogP contribution in [0.5, 0.6) is 0 Å². The summed E-state index contributed by atoms with van der Waals surface area (Å²) in [6, 6.07) is 4.14. The molecule has 2 N–H and O–H groups in total. The topological polar surface area (TPSA) is 70.6 Å². The van der Waals surface area contributed by atoms with Crippen LogP contribution >= 0.6 is 35.3 Å². The molecule has 0 spiro atoms. The van der Waals surface area contributed by atoms with E-state index in [1.165, 1.54) is 4.88 Å². The molecule has 5 nitrogen and oxygen atoms in total. The fourth-order valence-corrected chi connectivity index (χ4v) is 2.91. The van der Waals surface area contributed by atoms with Gasteiger partial charge >= 0.3 is 0 Å². The standard InChI is InChI=1S/C13H23N3O2S2.HI/c1-3-14-13(16-9-11-20(17,18)4-2)15-8-7-12-6-5-10-19-12;/h5-6,10H,3-4,7-9,11H2,1-2H3,(H2,14,15,16);1H. The third-order valence-electron chi connectivity index (χ3n) is 2.70. The summed E-state index contributed by atoms with van der Waals surface area (Å²) < 4.78 is 22.8. The number of sulfone groups is 1. The molecule has 1 heterocycles. The summed E-state index contributed by atoms with van der Waals surface area (Å²) in [6.07, 6.45) is 0.940. The maximum atomic E-state index is 11.4. The Hall–Kier alpha value is -0.350. The predicted octanol–water partition coefficient (Wildman–Crippen LogP) is 1.90. The van der Waals surface area contributed by atoms with E-state index in [1.807, 2.05) is 13.0 Å². The average molecular weight is 445 g/mol. The molecule has 0 saturated heterocycles. The van der Waals surface area contributed by atoms with Crippen LogP contribution in [0.3, 0.4) is 0 Å². The number of hydrogen-bond donors (Lipinski definition) is 2. The summed E-state index contributed by atoms with van der Waals surface area (Å²) in [5, 5.41) is 8.39. The van der Waals surface area contributed by atoms with Crippen molar-refractivity contribution in [2.24, 2.45) is 4.99 Å². The van der Waals surface area contributed by atoms with Crippen molar-refractivity contribution in [2.75, 3.05) is 31.1 Å². The van der Waals surface area contributed by atoms with Crippen LogP contribution in [0.4, 0.5) is 0 Å². The zero-order chi connectivity index (χ0) is 14.8. The van der Waals surface area contributed by atoms with Crippen molar-refractivity contribution in [2.45, 2.75) is 20.3 Å². The molecule has 0 atom stereocenters. The molecule has 1 aromatic heterocycles. The van der Waals surface area contributed by atoms with Crippen molar-refractivity contribution in [3.63, 3.8) is 0 Å². The molecule has 0 bridgehead atoms. The molecule has 1 rings (SSSR count). The monoisotopic (exact) mass is 445 g/mol. The van der Waals surface area contributed by atoms with Crippen LogP contribution < -0.4 is 10.6 Å². The summed E-state index contributed by atoms with van der Waals surface area (Å²) >= 11 is 1.73. The Morgan fingerprint density at radius 2 is 2.10 bits per heavy atom. The molecule has 0 fully saturated rings. The highest BCUT2D eigenvalue weighted by Crippen LogP contribution is 2.07. The van der Waals surface area contributed by atoms with E-state index in [0.717, 1.165) is 19.5 Å². The molecule has 0 saturated carbocycles. The van der Waals surface area contributed by atoms with Gasteiger partial charge in [0, 0.05) is 23.7 Å². The first-order valence-corrected chi connectivity index (χ1v) is 9.52. The van der Waals surface area contributed by atoms with Crippen LogP contribution in [0.15, 0.2) is 22.5 Å². The van der Waals surface area contributed by atoms with E-state index < -0.39 is 9.84 Å². The summed E-state index contributed by atoms with van der Waals surface area (Å²) in [5.74, 6) is 0.950. The van der Waals surface area contributed by atoms with Gasteiger partial charge in [0.2, 0.25) is 0 Å². The van der Waals surface area contributed by atoms with Gasteiger partial charge in [-0.3, -0.25) is 4.99 Å². The quantitative estimate of drug-likeness (QED) is 0.364. The number of nitrogens with zero attached hydrogens (tertiary/aromatic N) is 1. The maximum absolute atomic E-state index is 11.4. The minimum atomic E-state index is -2.95. The van der Waals surface area contributed by atoms with Crippen LogP contribution in [0.2, 0.25) is 0 Å². The van der Waals surface area contributed by atoms with Crippen LogP contribution in [-0.2, 0) is 16.3 Å². The smallest absolute Gasteiger partial charge is 0.191 e.